The Morgan fingerprint density at radius 1 is 1.71 bits per heavy atom. The van der Waals surface area contributed by atoms with Crippen LogP contribution < -0.4 is 11.1 Å². The van der Waals surface area contributed by atoms with Crippen LogP contribution in [0.1, 0.15) is 19.8 Å². The maximum Gasteiger partial charge on any atom is 0.238 e. The molecule has 92 valence electrons. The van der Waals surface area contributed by atoms with Crippen LogP contribution in [0.5, 0.6) is 0 Å². The molecular weight excluding hydrogens is 236 g/mol. The lowest BCUT2D eigenvalue weighted by Gasteiger charge is -2.43. The minimum Gasteiger partial charge on any atom is -0.392 e. The fraction of sp³-hybridized carbons (Fsp3) is 0.545. The molecule has 1 amide bonds. The summed E-state index contributed by atoms with van der Waals surface area (Å²) in [6, 6.07) is 1.74. The standard InChI is InChI=1S/C11H16N4OS/c1-7-5-11(6-7,9(12)17)10(16)13-8-3-4-15(2)14-8/h3-4,7H,5-6H2,1-2H3,(H2,12,17)(H,13,14,16). The number of anilines is 1. The molecule has 17 heavy (non-hydrogen) atoms. The number of aryl methyl sites for hydroxylation is 1. The lowest BCUT2D eigenvalue weighted by atomic mass is 9.62. The van der Waals surface area contributed by atoms with Gasteiger partial charge in [-0.2, -0.15) is 5.10 Å². The zero-order chi connectivity index (χ0) is 12.6. The van der Waals surface area contributed by atoms with Crippen LogP contribution in [0.2, 0.25) is 0 Å². The fourth-order valence-corrected chi connectivity index (χ4v) is 2.61. The third-order valence-electron chi connectivity index (χ3n) is 3.26. The summed E-state index contributed by atoms with van der Waals surface area (Å²) in [5.41, 5.74) is 5.03. The number of rotatable bonds is 3. The highest BCUT2D eigenvalue weighted by Crippen LogP contribution is 2.46. The highest BCUT2D eigenvalue weighted by molar-refractivity contribution is 7.80. The van der Waals surface area contributed by atoms with Gasteiger partial charge >= 0.3 is 0 Å². The fourth-order valence-electron chi connectivity index (χ4n) is 2.35. The summed E-state index contributed by atoms with van der Waals surface area (Å²) < 4.78 is 1.63. The van der Waals surface area contributed by atoms with E-state index in [1.807, 2.05) is 0 Å². The van der Waals surface area contributed by atoms with E-state index in [2.05, 4.69) is 17.3 Å². The highest BCUT2D eigenvalue weighted by atomic mass is 32.1. The molecule has 5 nitrogen and oxygen atoms in total. The minimum atomic E-state index is -0.674. The van der Waals surface area contributed by atoms with E-state index in [-0.39, 0.29) is 10.9 Å². The van der Waals surface area contributed by atoms with Gasteiger partial charge in [0.15, 0.2) is 5.82 Å². The van der Waals surface area contributed by atoms with E-state index >= 15 is 0 Å². The van der Waals surface area contributed by atoms with E-state index in [4.69, 9.17) is 18.0 Å². The van der Waals surface area contributed by atoms with E-state index in [9.17, 15) is 4.79 Å². The number of carbonyl (C=O) groups is 1. The summed E-state index contributed by atoms with van der Waals surface area (Å²) in [5.74, 6) is 0.889. The first-order chi connectivity index (χ1) is 7.94. The second kappa shape index (κ2) is 4.10. The molecule has 0 bridgehead atoms. The molecule has 1 fully saturated rings. The number of hydrogen-bond acceptors (Lipinski definition) is 3. The molecule has 6 heteroatoms. The number of nitrogens with zero attached hydrogens (tertiary/aromatic N) is 2. The molecule has 1 heterocycles. The molecule has 0 atom stereocenters. The SMILES string of the molecule is CC1CC(C(=O)Nc2ccn(C)n2)(C(N)=S)C1. The predicted molar refractivity (Wildman–Crippen MR) is 69.5 cm³/mol. The topological polar surface area (TPSA) is 72.9 Å². The number of aromatic nitrogens is 2. The smallest absolute Gasteiger partial charge is 0.238 e. The van der Waals surface area contributed by atoms with Crippen LogP contribution in [0.4, 0.5) is 5.82 Å². The Balaban J connectivity index is 2.11. The molecule has 0 spiro atoms. The van der Waals surface area contributed by atoms with Crippen molar-refractivity contribution in [3.05, 3.63) is 12.3 Å². The second-order valence-electron chi connectivity index (χ2n) is 4.79. The number of thiocarbonyl (C=S) groups is 1. The van der Waals surface area contributed by atoms with Crippen LogP contribution in [0.15, 0.2) is 12.3 Å². The van der Waals surface area contributed by atoms with Crippen LogP contribution in [0.25, 0.3) is 0 Å². The first-order valence-corrected chi connectivity index (χ1v) is 5.96. The van der Waals surface area contributed by atoms with Crippen molar-refractivity contribution in [2.75, 3.05) is 5.32 Å². The Bertz CT molecular complexity index is 462. The van der Waals surface area contributed by atoms with Crippen molar-refractivity contribution >= 4 is 28.9 Å². The molecule has 1 aromatic heterocycles. The molecule has 0 saturated heterocycles. The second-order valence-corrected chi connectivity index (χ2v) is 5.23. The maximum atomic E-state index is 12.2. The van der Waals surface area contributed by atoms with Gasteiger partial charge in [-0.15, -0.1) is 0 Å². The lowest BCUT2D eigenvalue weighted by molar-refractivity contribution is -0.127. The summed E-state index contributed by atoms with van der Waals surface area (Å²) in [5, 5.41) is 6.87. The van der Waals surface area contributed by atoms with Gasteiger partial charge < -0.3 is 11.1 Å². The van der Waals surface area contributed by atoms with Crippen molar-refractivity contribution in [3.63, 3.8) is 0 Å². The van der Waals surface area contributed by atoms with E-state index in [0.717, 1.165) is 12.8 Å². The number of nitrogens with one attached hydrogen (secondary N) is 1. The number of hydrogen-bond donors (Lipinski definition) is 2. The Morgan fingerprint density at radius 3 is 2.76 bits per heavy atom. The third-order valence-corrected chi connectivity index (χ3v) is 3.65. The van der Waals surface area contributed by atoms with Crippen molar-refractivity contribution < 1.29 is 4.79 Å². The maximum absolute atomic E-state index is 12.2. The average molecular weight is 252 g/mol. The Morgan fingerprint density at radius 2 is 2.35 bits per heavy atom. The molecule has 0 aromatic carbocycles. The predicted octanol–water partition coefficient (Wildman–Crippen LogP) is 1.06. The first kappa shape index (κ1) is 12.0. The molecule has 0 unspecified atom stereocenters. The highest BCUT2D eigenvalue weighted by Gasteiger charge is 2.50. The number of amides is 1. The first-order valence-electron chi connectivity index (χ1n) is 5.55. The molecule has 1 saturated carbocycles. The van der Waals surface area contributed by atoms with Gasteiger partial charge in [0.25, 0.3) is 0 Å². The zero-order valence-corrected chi connectivity index (χ0v) is 10.8. The van der Waals surface area contributed by atoms with Crippen molar-refractivity contribution in [3.8, 4) is 0 Å². The largest absolute Gasteiger partial charge is 0.392 e. The molecule has 0 aliphatic heterocycles. The summed E-state index contributed by atoms with van der Waals surface area (Å²) in [7, 11) is 1.80. The molecule has 1 aliphatic carbocycles. The van der Waals surface area contributed by atoms with Gasteiger partial charge in [0.1, 0.15) is 0 Å². The van der Waals surface area contributed by atoms with Gasteiger partial charge in [-0.05, 0) is 18.8 Å². The Labute approximate surface area is 105 Å². The third kappa shape index (κ3) is 2.04. The van der Waals surface area contributed by atoms with Gasteiger partial charge in [0.2, 0.25) is 5.91 Å². The average Bonchev–Trinajstić information content (AvgIpc) is 2.58. The molecule has 2 rings (SSSR count). The summed E-state index contributed by atoms with van der Waals surface area (Å²) >= 11 is 5.02. The summed E-state index contributed by atoms with van der Waals surface area (Å²) in [4.78, 5) is 12.5. The van der Waals surface area contributed by atoms with E-state index in [0.29, 0.717) is 11.7 Å². The lowest BCUT2D eigenvalue weighted by Crippen LogP contribution is -2.53. The molecular formula is C11H16N4OS. The Kier molecular flexibility index (Phi) is 2.91. The zero-order valence-electron chi connectivity index (χ0n) is 9.93. The van der Waals surface area contributed by atoms with Gasteiger partial charge in [-0.25, -0.2) is 0 Å². The quantitative estimate of drug-likeness (QED) is 0.789. The molecule has 0 radical (unpaired) electrons. The van der Waals surface area contributed by atoms with Crippen molar-refractivity contribution in [1.29, 1.82) is 0 Å². The van der Waals surface area contributed by atoms with Gasteiger partial charge in [-0.3, -0.25) is 9.48 Å². The van der Waals surface area contributed by atoms with Crippen LogP contribution >= 0.6 is 12.2 Å². The van der Waals surface area contributed by atoms with Gasteiger partial charge in [0, 0.05) is 19.3 Å². The monoisotopic (exact) mass is 252 g/mol. The van der Waals surface area contributed by atoms with Gasteiger partial charge in [0.05, 0.1) is 10.4 Å². The van der Waals surface area contributed by atoms with Crippen LogP contribution in [0.3, 0.4) is 0 Å². The van der Waals surface area contributed by atoms with Crippen LogP contribution in [0, 0.1) is 11.3 Å². The normalized spacial score (nSPS) is 27.3. The molecule has 1 aromatic rings. The van der Waals surface area contributed by atoms with Crippen LogP contribution in [-0.2, 0) is 11.8 Å². The minimum absolute atomic E-state index is 0.137. The van der Waals surface area contributed by atoms with E-state index in [1.54, 1.807) is 24.0 Å². The summed E-state index contributed by atoms with van der Waals surface area (Å²) in [6.07, 6.45) is 3.22. The van der Waals surface area contributed by atoms with Crippen LogP contribution in [-0.4, -0.2) is 20.7 Å². The van der Waals surface area contributed by atoms with Crippen molar-refractivity contribution in [1.82, 2.24) is 9.78 Å². The van der Waals surface area contributed by atoms with Crippen molar-refractivity contribution in [2.45, 2.75) is 19.8 Å². The van der Waals surface area contributed by atoms with E-state index < -0.39 is 5.41 Å². The van der Waals surface area contributed by atoms with E-state index in [1.165, 1.54) is 0 Å². The molecule has 3 N–H and O–H groups in total. The summed E-state index contributed by atoms with van der Waals surface area (Å²) in [6.45, 7) is 2.09. The Hall–Kier alpha value is -1.43. The number of nitrogens with two attached hydrogens (primary N) is 1. The van der Waals surface area contributed by atoms with Crippen molar-refractivity contribution in [2.24, 2.45) is 24.1 Å². The number of carbonyl (C=O) groups excluding carboxylic acids is 1. The molecule has 1 aliphatic rings. The van der Waals surface area contributed by atoms with Gasteiger partial charge in [-0.1, -0.05) is 19.1 Å².